The maximum absolute atomic E-state index is 12.0. The second-order valence-electron chi connectivity index (χ2n) is 5.62. The van der Waals surface area contributed by atoms with Crippen molar-refractivity contribution in [3.8, 4) is 0 Å². The van der Waals surface area contributed by atoms with Gasteiger partial charge in [-0.15, -0.1) is 0 Å². The van der Waals surface area contributed by atoms with E-state index in [0.29, 0.717) is 26.1 Å². The molecule has 2 aromatic heterocycles. The molecular weight excluding hydrogens is 302 g/mol. The van der Waals surface area contributed by atoms with E-state index in [1.54, 1.807) is 12.5 Å². The van der Waals surface area contributed by atoms with Crippen LogP contribution in [-0.2, 0) is 11.3 Å². The highest BCUT2D eigenvalue weighted by Gasteiger charge is 2.05. The number of benzene rings is 1. The number of carbonyl (C=O) groups excluding carboxylic acids is 1. The third kappa shape index (κ3) is 3.90. The number of carbonyl (C=O) groups is 1. The quantitative estimate of drug-likeness (QED) is 0.655. The van der Waals surface area contributed by atoms with Crippen molar-refractivity contribution in [1.82, 2.24) is 19.9 Å². The first-order valence-corrected chi connectivity index (χ1v) is 8.06. The van der Waals surface area contributed by atoms with Crippen molar-refractivity contribution in [2.24, 2.45) is 0 Å². The second-order valence-corrected chi connectivity index (χ2v) is 5.62. The van der Waals surface area contributed by atoms with Crippen LogP contribution in [0.5, 0.6) is 0 Å². The zero-order chi connectivity index (χ0) is 16.8. The maximum atomic E-state index is 12.0. The van der Waals surface area contributed by atoms with Gasteiger partial charge in [0, 0.05) is 32.3 Å². The minimum atomic E-state index is 0.0346. The molecule has 2 heterocycles. The molecule has 1 amide bonds. The Morgan fingerprint density at radius 2 is 2.00 bits per heavy atom. The summed E-state index contributed by atoms with van der Waals surface area (Å²) in [5.41, 5.74) is 3.10. The number of pyridine rings is 1. The maximum Gasteiger partial charge on any atom is 0.221 e. The molecule has 0 atom stereocenters. The standard InChI is InChI=1S/C18H21N5O/c1-14-5-4-9-20-18(14)21-11-10-19-17(24)8-12-23-13-22-15-6-2-3-7-16(15)23/h2-7,9,13H,8,10-12H2,1H3,(H,19,24)(H,20,21). The lowest BCUT2D eigenvalue weighted by atomic mass is 10.3. The molecule has 1 aromatic carbocycles. The van der Waals surface area contributed by atoms with Gasteiger partial charge in [-0.25, -0.2) is 9.97 Å². The van der Waals surface area contributed by atoms with Gasteiger partial charge in [0.15, 0.2) is 0 Å². The lowest BCUT2D eigenvalue weighted by Crippen LogP contribution is -2.29. The molecule has 6 nitrogen and oxygen atoms in total. The topological polar surface area (TPSA) is 71.8 Å². The molecule has 6 heteroatoms. The fourth-order valence-electron chi connectivity index (χ4n) is 2.55. The van der Waals surface area contributed by atoms with Crippen molar-refractivity contribution in [1.29, 1.82) is 0 Å². The molecule has 0 unspecified atom stereocenters. The fraction of sp³-hybridized carbons (Fsp3) is 0.278. The number of nitrogens with zero attached hydrogens (tertiary/aromatic N) is 3. The number of hydrogen-bond donors (Lipinski definition) is 2. The molecule has 0 spiro atoms. The second kappa shape index (κ2) is 7.59. The predicted octanol–water partition coefficient (Wildman–Crippen LogP) is 2.36. The molecule has 0 aliphatic heterocycles. The number of fused-ring (bicyclic) bond motifs is 1. The Hall–Kier alpha value is -2.89. The molecular formula is C18H21N5O. The van der Waals surface area contributed by atoms with E-state index < -0.39 is 0 Å². The number of anilines is 1. The van der Waals surface area contributed by atoms with Crippen LogP contribution in [0.1, 0.15) is 12.0 Å². The summed E-state index contributed by atoms with van der Waals surface area (Å²) in [6.07, 6.45) is 3.97. The third-order valence-corrected chi connectivity index (χ3v) is 3.86. The third-order valence-electron chi connectivity index (χ3n) is 3.86. The molecule has 124 valence electrons. The van der Waals surface area contributed by atoms with Gasteiger partial charge in [-0.1, -0.05) is 18.2 Å². The Kier molecular flexibility index (Phi) is 5.05. The van der Waals surface area contributed by atoms with Crippen LogP contribution >= 0.6 is 0 Å². The minimum absolute atomic E-state index is 0.0346. The number of aromatic nitrogens is 3. The summed E-state index contributed by atoms with van der Waals surface area (Å²) in [7, 11) is 0. The van der Waals surface area contributed by atoms with E-state index in [1.807, 2.05) is 47.9 Å². The van der Waals surface area contributed by atoms with Crippen molar-refractivity contribution in [2.75, 3.05) is 18.4 Å². The van der Waals surface area contributed by atoms with Gasteiger partial charge in [-0.05, 0) is 30.7 Å². The summed E-state index contributed by atoms with van der Waals surface area (Å²) in [4.78, 5) is 20.6. The first kappa shape index (κ1) is 16.0. The highest BCUT2D eigenvalue weighted by Crippen LogP contribution is 2.12. The van der Waals surface area contributed by atoms with Gasteiger partial charge < -0.3 is 15.2 Å². The highest BCUT2D eigenvalue weighted by molar-refractivity contribution is 5.77. The molecule has 0 aliphatic carbocycles. The number of imidazole rings is 1. The predicted molar refractivity (Wildman–Crippen MR) is 94.8 cm³/mol. The number of nitrogens with one attached hydrogen (secondary N) is 2. The molecule has 3 rings (SSSR count). The molecule has 3 aromatic rings. The fourth-order valence-corrected chi connectivity index (χ4v) is 2.55. The van der Waals surface area contributed by atoms with Gasteiger partial charge in [0.05, 0.1) is 17.4 Å². The van der Waals surface area contributed by atoms with E-state index in [4.69, 9.17) is 0 Å². The van der Waals surface area contributed by atoms with Crippen LogP contribution in [0, 0.1) is 6.92 Å². The Morgan fingerprint density at radius 3 is 2.88 bits per heavy atom. The van der Waals surface area contributed by atoms with Gasteiger partial charge in [0.1, 0.15) is 5.82 Å². The molecule has 0 radical (unpaired) electrons. The summed E-state index contributed by atoms with van der Waals surface area (Å²) < 4.78 is 2.00. The Morgan fingerprint density at radius 1 is 1.12 bits per heavy atom. The lowest BCUT2D eigenvalue weighted by molar-refractivity contribution is -0.121. The normalized spacial score (nSPS) is 10.7. The van der Waals surface area contributed by atoms with Crippen LogP contribution in [0.15, 0.2) is 48.9 Å². The van der Waals surface area contributed by atoms with E-state index in [0.717, 1.165) is 22.4 Å². The van der Waals surface area contributed by atoms with Gasteiger partial charge in [-0.3, -0.25) is 4.79 Å². The number of amides is 1. The van der Waals surface area contributed by atoms with Crippen LogP contribution in [-0.4, -0.2) is 33.5 Å². The van der Waals surface area contributed by atoms with Crippen molar-refractivity contribution in [3.05, 3.63) is 54.5 Å². The first-order chi connectivity index (χ1) is 11.7. The molecule has 0 aliphatic rings. The van der Waals surface area contributed by atoms with Crippen LogP contribution < -0.4 is 10.6 Å². The molecule has 0 saturated carbocycles. The molecule has 0 fully saturated rings. The van der Waals surface area contributed by atoms with E-state index >= 15 is 0 Å². The van der Waals surface area contributed by atoms with Gasteiger partial charge >= 0.3 is 0 Å². The van der Waals surface area contributed by atoms with Crippen molar-refractivity contribution in [3.63, 3.8) is 0 Å². The van der Waals surface area contributed by atoms with Gasteiger partial charge in [0.25, 0.3) is 0 Å². The number of aryl methyl sites for hydroxylation is 2. The van der Waals surface area contributed by atoms with Crippen LogP contribution in [0.3, 0.4) is 0 Å². The SMILES string of the molecule is Cc1cccnc1NCCNC(=O)CCn1cnc2ccccc21. The van der Waals surface area contributed by atoms with Gasteiger partial charge in [-0.2, -0.15) is 0 Å². The summed E-state index contributed by atoms with van der Waals surface area (Å²) in [5.74, 6) is 0.893. The van der Waals surface area contributed by atoms with E-state index in [-0.39, 0.29) is 5.91 Å². The zero-order valence-corrected chi connectivity index (χ0v) is 13.7. The average molecular weight is 323 g/mol. The summed E-state index contributed by atoms with van der Waals surface area (Å²) in [6.45, 7) is 3.85. The zero-order valence-electron chi connectivity index (χ0n) is 13.7. The monoisotopic (exact) mass is 323 g/mol. The minimum Gasteiger partial charge on any atom is -0.368 e. The van der Waals surface area contributed by atoms with E-state index in [1.165, 1.54) is 0 Å². The Bertz CT molecular complexity index is 827. The van der Waals surface area contributed by atoms with Crippen LogP contribution in [0.4, 0.5) is 5.82 Å². The Balaban J connectivity index is 1.41. The molecule has 2 N–H and O–H groups in total. The lowest BCUT2D eigenvalue weighted by Gasteiger charge is -2.09. The summed E-state index contributed by atoms with van der Waals surface area (Å²) in [5, 5.41) is 6.14. The van der Waals surface area contributed by atoms with Crippen molar-refractivity contribution >= 4 is 22.8 Å². The van der Waals surface area contributed by atoms with E-state index in [2.05, 4.69) is 20.6 Å². The number of rotatable bonds is 7. The van der Waals surface area contributed by atoms with Crippen molar-refractivity contribution < 1.29 is 4.79 Å². The van der Waals surface area contributed by atoms with Gasteiger partial charge in [0.2, 0.25) is 5.91 Å². The first-order valence-electron chi connectivity index (χ1n) is 8.06. The molecule has 0 bridgehead atoms. The van der Waals surface area contributed by atoms with Crippen LogP contribution in [0.2, 0.25) is 0 Å². The van der Waals surface area contributed by atoms with Crippen molar-refractivity contribution in [2.45, 2.75) is 19.9 Å². The van der Waals surface area contributed by atoms with E-state index in [9.17, 15) is 4.79 Å². The highest BCUT2D eigenvalue weighted by atomic mass is 16.1. The molecule has 24 heavy (non-hydrogen) atoms. The number of hydrogen-bond acceptors (Lipinski definition) is 4. The van der Waals surface area contributed by atoms with Crippen LogP contribution in [0.25, 0.3) is 11.0 Å². The summed E-state index contributed by atoms with van der Waals surface area (Å²) in [6, 6.07) is 11.8. The average Bonchev–Trinajstić information content (AvgIpc) is 3.01. The number of para-hydroxylation sites is 2. The smallest absolute Gasteiger partial charge is 0.221 e. The molecule has 0 saturated heterocycles. The largest absolute Gasteiger partial charge is 0.368 e. The Labute approximate surface area is 140 Å². The summed E-state index contributed by atoms with van der Waals surface area (Å²) >= 11 is 0.